The van der Waals surface area contributed by atoms with E-state index in [0.29, 0.717) is 18.0 Å². The fourth-order valence-electron chi connectivity index (χ4n) is 1.21. The first-order chi connectivity index (χ1) is 6.67. The van der Waals surface area contributed by atoms with E-state index < -0.39 is 6.10 Å². The summed E-state index contributed by atoms with van der Waals surface area (Å²) in [7, 11) is 0. The molecule has 1 rings (SSSR count). The summed E-state index contributed by atoms with van der Waals surface area (Å²) >= 11 is 0. The molecule has 0 bridgehead atoms. The van der Waals surface area contributed by atoms with Gasteiger partial charge in [-0.1, -0.05) is 32.4 Å². The van der Waals surface area contributed by atoms with Crippen molar-refractivity contribution in [2.75, 3.05) is 0 Å². The lowest BCUT2D eigenvalue weighted by atomic mass is 10.1. The van der Waals surface area contributed by atoms with Crippen LogP contribution in [0, 0.1) is 5.92 Å². The van der Waals surface area contributed by atoms with Crippen LogP contribution in [0.2, 0.25) is 0 Å². The van der Waals surface area contributed by atoms with Crippen LogP contribution in [0.3, 0.4) is 0 Å². The summed E-state index contributed by atoms with van der Waals surface area (Å²) in [6, 6.07) is 0. The van der Waals surface area contributed by atoms with Crippen molar-refractivity contribution in [1.29, 1.82) is 0 Å². The Morgan fingerprint density at radius 2 is 2.14 bits per heavy atom. The normalized spacial score (nSPS) is 15.4. The van der Waals surface area contributed by atoms with Crippen LogP contribution in [-0.4, -0.2) is 20.1 Å². The Morgan fingerprint density at radius 1 is 1.43 bits per heavy atom. The number of rotatable bonds is 5. The van der Waals surface area contributed by atoms with E-state index in [-0.39, 0.29) is 0 Å². The maximum Gasteiger partial charge on any atom is 0.111 e. The van der Waals surface area contributed by atoms with Gasteiger partial charge in [-0.25, -0.2) is 0 Å². The molecule has 14 heavy (non-hydrogen) atoms. The van der Waals surface area contributed by atoms with Crippen LogP contribution < -0.4 is 0 Å². The number of hydrogen-bond acceptors (Lipinski definition) is 3. The molecule has 0 aliphatic carbocycles. The predicted octanol–water partition coefficient (Wildman–Crippen LogP) is 1.77. The molecule has 0 fully saturated rings. The van der Waals surface area contributed by atoms with E-state index in [2.05, 4.69) is 24.2 Å². The number of aliphatic hydroxyl groups excluding tert-OH is 1. The molecule has 1 N–H and O–H groups in total. The number of nitrogens with zero attached hydrogens (tertiary/aromatic N) is 3. The fourth-order valence-corrected chi connectivity index (χ4v) is 1.21. The Hall–Kier alpha value is -0.900. The van der Waals surface area contributed by atoms with E-state index in [4.69, 9.17) is 0 Å². The lowest BCUT2D eigenvalue weighted by Crippen LogP contribution is -2.07. The second-order valence-corrected chi connectivity index (χ2v) is 3.80. The van der Waals surface area contributed by atoms with Gasteiger partial charge in [0.15, 0.2) is 0 Å². The summed E-state index contributed by atoms with van der Waals surface area (Å²) in [5, 5.41) is 17.4. The van der Waals surface area contributed by atoms with Crippen molar-refractivity contribution in [1.82, 2.24) is 15.0 Å². The van der Waals surface area contributed by atoms with Crippen LogP contribution in [0.1, 0.15) is 45.4 Å². The molecule has 0 radical (unpaired) electrons. The second-order valence-electron chi connectivity index (χ2n) is 3.80. The highest BCUT2D eigenvalue weighted by atomic mass is 16.3. The minimum atomic E-state index is -0.472. The molecule has 0 aliphatic heterocycles. The highest BCUT2D eigenvalue weighted by Gasteiger charge is 2.10. The first-order valence-corrected chi connectivity index (χ1v) is 5.25. The van der Waals surface area contributed by atoms with E-state index in [9.17, 15) is 5.11 Å². The molecule has 0 amide bonds. The zero-order valence-corrected chi connectivity index (χ0v) is 9.14. The van der Waals surface area contributed by atoms with Crippen molar-refractivity contribution < 1.29 is 5.11 Å². The summed E-state index contributed by atoms with van der Waals surface area (Å²) in [6.45, 7) is 7.14. The summed E-state index contributed by atoms with van der Waals surface area (Å²) in [4.78, 5) is 0. The van der Waals surface area contributed by atoms with Crippen molar-refractivity contribution in [3.05, 3.63) is 11.9 Å². The monoisotopic (exact) mass is 197 g/mol. The average Bonchev–Trinajstić information content (AvgIpc) is 2.65. The molecular weight excluding hydrogens is 178 g/mol. The van der Waals surface area contributed by atoms with Gasteiger partial charge < -0.3 is 5.11 Å². The van der Waals surface area contributed by atoms with Gasteiger partial charge in [-0.2, -0.15) is 0 Å². The zero-order chi connectivity index (χ0) is 10.6. The summed E-state index contributed by atoms with van der Waals surface area (Å²) in [6.07, 6.45) is 3.18. The van der Waals surface area contributed by atoms with Gasteiger partial charge in [0.2, 0.25) is 0 Å². The zero-order valence-electron chi connectivity index (χ0n) is 9.14. The van der Waals surface area contributed by atoms with Crippen LogP contribution in [0.25, 0.3) is 0 Å². The Balaban J connectivity index is 2.59. The standard InChI is InChI=1S/C10H19N3O/c1-4-8(3)6-13-7-9(11-12-13)10(14)5-2/h7-8,10,14H,4-6H2,1-3H3. The van der Waals surface area contributed by atoms with E-state index in [1.807, 2.05) is 17.8 Å². The first-order valence-electron chi connectivity index (χ1n) is 5.25. The maximum absolute atomic E-state index is 9.52. The summed E-state index contributed by atoms with van der Waals surface area (Å²) < 4.78 is 1.81. The third-order valence-electron chi connectivity index (χ3n) is 2.48. The molecule has 1 heterocycles. The van der Waals surface area contributed by atoms with Crippen LogP contribution >= 0.6 is 0 Å². The quantitative estimate of drug-likeness (QED) is 0.782. The molecule has 0 spiro atoms. The number of hydrogen-bond donors (Lipinski definition) is 1. The third-order valence-corrected chi connectivity index (χ3v) is 2.48. The van der Waals surface area contributed by atoms with E-state index in [0.717, 1.165) is 13.0 Å². The van der Waals surface area contributed by atoms with Gasteiger partial charge >= 0.3 is 0 Å². The minimum Gasteiger partial charge on any atom is -0.387 e. The van der Waals surface area contributed by atoms with Gasteiger partial charge in [-0.05, 0) is 12.3 Å². The van der Waals surface area contributed by atoms with Gasteiger partial charge in [-0.15, -0.1) is 5.10 Å². The molecule has 0 saturated carbocycles. The van der Waals surface area contributed by atoms with Crippen molar-refractivity contribution >= 4 is 0 Å². The molecule has 80 valence electrons. The van der Waals surface area contributed by atoms with Crippen LogP contribution in [0.15, 0.2) is 6.20 Å². The van der Waals surface area contributed by atoms with Crippen molar-refractivity contribution in [2.45, 2.75) is 46.3 Å². The Kier molecular flexibility index (Phi) is 4.07. The summed E-state index contributed by atoms with van der Waals surface area (Å²) in [5.41, 5.74) is 0.677. The Labute approximate surface area is 84.9 Å². The van der Waals surface area contributed by atoms with Crippen LogP contribution in [0.4, 0.5) is 0 Å². The molecular formula is C10H19N3O. The van der Waals surface area contributed by atoms with Crippen LogP contribution in [0.5, 0.6) is 0 Å². The molecule has 4 nitrogen and oxygen atoms in total. The van der Waals surface area contributed by atoms with Gasteiger partial charge in [0.25, 0.3) is 0 Å². The Morgan fingerprint density at radius 3 is 2.71 bits per heavy atom. The molecule has 0 saturated heterocycles. The van der Waals surface area contributed by atoms with Crippen LogP contribution in [-0.2, 0) is 6.54 Å². The molecule has 4 heteroatoms. The van der Waals surface area contributed by atoms with Crippen molar-refractivity contribution in [3.8, 4) is 0 Å². The van der Waals surface area contributed by atoms with Gasteiger partial charge in [0.1, 0.15) is 5.69 Å². The smallest absolute Gasteiger partial charge is 0.111 e. The molecule has 2 atom stereocenters. The van der Waals surface area contributed by atoms with Gasteiger partial charge in [-0.3, -0.25) is 4.68 Å². The summed E-state index contributed by atoms with van der Waals surface area (Å²) in [5.74, 6) is 0.600. The number of aromatic nitrogens is 3. The van der Waals surface area contributed by atoms with E-state index in [1.165, 1.54) is 0 Å². The lowest BCUT2D eigenvalue weighted by molar-refractivity contribution is 0.168. The molecule has 0 aliphatic rings. The van der Waals surface area contributed by atoms with E-state index in [1.54, 1.807) is 0 Å². The fraction of sp³-hybridized carbons (Fsp3) is 0.800. The average molecular weight is 197 g/mol. The topological polar surface area (TPSA) is 50.9 Å². The van der Waals surface area contributed by atoms with Crippen molar-refractivity contribution in [3.63, 3.8) is 0 Å². The maximum atomic E-state index is 9.52. The highest BCUT2D eigenvalue weighted by molar-refractivity contribution is 4.96. The minimum absolute atomic E-state index is 0.472. The molecule has 0 aromatic carbocycles. The Bertz CT molecular complexity index is 272. The van der Waals surface area contributed by atoms with Crippen molar-refractivity contribution in [2.24, 2.45) is 5.92 Å². The second kappa shape index (κ2) is 5.10. The SMILES string of the molecule is CCC(C)Cn1cc(C(O)CC)nn1. The molecule has 1 aromatic rings. The molecule has 1 aromatic heterocycles. The lowest BCUT2D eigenvalue weighted by Gasteiger charge is -2.06. The molecule has 2 unspecified atom stereocenters. The van der Waals surface area contributed by atoms with E-state index >= 15 is 0 Å². The number of aliphatic hydroxyl groups is 1. The highest BCUT2D eigenvalue weighted by Crippen LogP contribution is 2.13. The van der Waals surface area contributed by atoms with Gasteiger partial charge in [0, 0.05) is 6.54 Å². The predicted molar refractivity (Wildman–Crippen MR) is 54.7 cm³/mol. The third kappa shape index (κ3) is 2.80. The largest absolute Gasteiger partial charge is 0.387 e. The van der Waals surface area contributed by atoms with Gasteiger partial charge in [0.05, 0.1) is 12.3 Å². The first kappa shape index (κ1) is 11.2.